The second-order valence-corrected chi connectivity index (χ2v) is 1.10. The van der Waals surface area contributed by atoms with Crippen LogP contribution in [0.4, 0.5) is 6.01 Å². The van der Waals surface area contributed by atoms with E-state index in [2.05, 4.69) is 14.6 Å². The minimum Gasteiger partial charge on any atom is -0.401 e. The first-order valence-corrected chi connectivity index (χ1v) is 1.87. The predicted octanol–water partition coefficient (Wildman–Crippen LogP) is -0.536. The lowest BCUT2D eigenvalue weighted by Gasteiger charge is -1.70. The molecule has 0 saturated heterocycles. The van der Waals surface area contributed by atoms with Crippen LogP contribution in [0.2, 0.25) is 0 Å². The van der Waals surface area contributed by atoms with Crippen LogP contribution in [0, 0.1) is 0 Å². The van der Waals surface area contributed by atoms with Crippen LogP contribution < -0.4 is 5.73 Å². The Balaban J connectivity index is 3.00. The Morgan fingerprint density at radius 3 is 2.62 bits per heavy atom. The van der Waals surface area contributed by atoms with E-state index in [0.29, 0.717) is 6.29 Å². The van der Waals surface area contributed by atoms with Crippen molar-refractivity contribution in [2.45, 2.75) is 0 Å². The van der Waals surface area contributed by atoms with Gasteiger partial charge in [-0.05, 0) is 0 Å². The molecule has 42 valence electrons. The number of carbonyl (C=O) groups excluding carboxylic acids is 1. The molecule has 0 aromatic carbocycles. The van der Waals surface area contributed by atoms with Gasteiger partial charge in [0.1, 0.15) is 0 Å². The summed E-state index contributed by atoms with van der Waals surface area (Å²) in [7, 11) is 0. The SMILES string of the molecule is Nc1nnc(C=O)o1. The molecule has 1 aromatic heterocycles. The van der Waals surface area contributed by atoms with Crippen molar-refractivity contribution >= 4 is 12.3 Å². The van der Waals surface area contributed by atoms with Crippen molar-refractivity contribution in [3.63, 3.8) is 0 Å². The van der Waals surface area contributed by atoms with Gasteiger partial charge in [-0.2, -0.15) is 0 Å². The molecule has 1 rings (SSSR count). The first-order valence-electron chi connectivity index (χ1n) is 1.87. The highest BCUT2D eigenvalue weighted by Crippen LogP contribution is 1.94. The van der Waals surface area contributed by atoms with Crippen molar-refractivity contribution in [2.24, 2.45) is 0 Å². The zero-order valence-corrected chi connectivity index (χ0v) is 3.87. The van der Waals surface area contributed by atoms with E-state index in [0.717, 1.165) is 0 Å². The molecule has 0 aliphatic heterocycles. The lowest BCUT2D eigenvalue weighted by molar-refractivity contribution is 0.109. The number of hydrogen-bond donors (Lipinski definition) is 1. The van der Waals surface area contributed by atoms with Crippen molar-refractivity contribution in [3.8, 4) is 0 Å². The molecule has 0 unspecified atom stereocenters. The highest BCUT2D eigenvalue weighted by Gasteiger charge is 1.96. The van der Waals surface area contributed by atoms with Crippen LogP contribution in [-0.4, -0.2) is 16.5 Å². The normalized spacial score (nSPS) is 9.00. The molecule has 8 heavy (non-hydrogen) atoms. The fourth-order valence-corrected chi connectivity index (χ4v) is 0.294. The summed E-state index contributed by atoms with van der Waals surface area (Å²) in [6.07, 6.45) is 0.434. The minimum atomic E-state index is -0.0949. The van der Waals surface area contributed by atoms with Gasteiger partial charge in [0.25, 0.3) is 5.89 Å². The Morgan fingerprint density at radius 1 is 1.62 bits per heavy atom. The number of nitrogens with zero attached hydrogens (tertiary/aromatic N) is 2. The van der Waals surface area contributed by atoms with E-state index in [4.69, 9.17) is 5.73 Å². The maximum absolute atomic E-state index is 9.77. The van der Waals surface area contributed by atoms with Crippen LogP contribution in [0.3, 0.4) is 0 Å². The quantitative estimate of drug-likeness (QED) is 0.495. The second kappa shape index (κ2) is 1.61. The van der Waals surface area contributed by atoms with Gasteiger partial charge in [0, 0.05) is 0 Å². The third kappa shape index (κ3) is 0.651. The largest absolute Gasteiger partial charge is 0.401 e. The topological polar surface area (TPSA) is 82.0 Å². The van der Waals surface area contributed by atoms with Gasteiger partial charge in [0.05, 0.1) is 0 Å². The lowest BCUT2D eigenvalue weighted by Crippen LogP contribution is -1.81. The molecule has 1 aromatic rings. The van der Waals surface area contributed by atoms with Gasteiger partial charge in [-0.15, -0.1) is 5.10 Å². The molecule has 0 amide bonds. The molecule has 5 heteroatoms. The summed E-state index contributed by atoms with van der Waals surface area (Å²) in [5.74, 6) is -0.0949. The summed E-state index contributed by atoms with van der Waals surface area (Å²) in [5, 5.41) is 6.44. The van der Waals surface area contributed by atoms with Crippen LogP contribution in [0.5, 0.6) is 0 Å². The van der Waals surface area contributed by atoms with Crippen LogP contribution in [0.25, 0.3) is 0 Å². The first kappa shape index (κ1) is 4.76. The Bertz CT molecular complexity index is 194. The average molecular weight is 113 g/mol. The van der Waals surface area contributed by atoms with Crippen LogP contribution >= 0.6 is 0 Å². The maximum Gasteiger partial charge on any atom is 0.313 e. The second-order valence-electron chi connectivity index (χ2n) is 1.10. The number of carbonyl (C=O) groups is 1. The molecule has 0 atom stereocenters. The van der Waals surface area contributed by atoms with Gasteiger partial charge < -0.3 is 10.2 Å². The molecule has 0 saturated carbocycles. The Morgan fingerprint density at radius 2 is 2.38 bits per heavy atom. The van der Waals surface area contributed by atoms with Crippen LogP contribution in [0.1, 0.15) is 10.7 Å². The number of nitrogens with two attached hydrogens (primary N) is 1. The lowest BCUT2D eigenvalue weighted by atomic mass is 10.8. The summed E-state index contributed by atoms with van der Waals surface area (Å²) in [4.78, 5) is 9.77. The summed E-state index contributed by atoms with van der Waals surface area (Å²) in [6, 6.07) is -0.0906. The first-order chi connectivity index (χ1) is 3.83. The molecule has 2 N–H and O–H groups in total. The minimum absolute atomic E-state index is 0.0906. The van der Waals surface area contributed by atoms with Crippen molar-refractivity contribution in [1.29, 1.82) is 0 Å². The molecular formula is C3H3N3O2. The van der Waals surface area contributed by atoms with Gasteiger partial charge in [0.2, 0.25) is 6.29 Å². The third-order valence-corrected chi connectivity index (χ3v) is 0.557. The highest BCUT2D eigenvalue weighted by molar-refractivity contribution is 5.67. The number of hydrogen-bond acceptors (Lipinski definition) is 5. The van der Waals surface area contributed by atoms with E-state index in [1.165, 1.54) is 0 Å². The predicted molar refractivity (Wildman–Crippen MR) is 24.1 cm³/mol. The zero-order chi connectivity index (χ0) is 5.98. The molecule has 0 aliphatic rings. The fraction of sp³-hybridized carbons (Fsp3) is 0. The van der Waals surface area contributed by atoms with E-state index in [1.54, 1.807) is 0 Å². The smallest absolute Gasteiger partial charge is 0.313 e. The standard InChI is InChI=1S/C3H3N3O2/c4-3-6-5-2(1-7)8-3/h1H,(H2,4,6). The summed E-state index contributed by atoms with van der Waals surface area (Å²) in [6.45, 7) is 0. The number of aldehydes is 1. The number of rotatable bonds is 1. The van der Waals surface area contributed by atoms with Gasteiger partial charge in [0.15, 0.2) is 0 Å². The Labute approximate surface area is 44.5 Å². The monoisotopic (exact) mass is 113 g/mol. The molecule has 1 heterocycles. The summed E-state index contributed by atoms with van der Waals surface area (Å²) in [5.41, 5.74) is 4.96. The molecular weight excluding hydrogens is 110 g/mol. The van der Waals surface area contributed by atoms with Gasteiger partial charge >= 0.3 is 6.01 Å². The van der Waals surface area contributed by atoms with Crippen molar-refractivity contribution in [1.82, 2.24) is 10.2 Å². The molecule has 0 spiro atoms. The average Bonchev–Trinajstić information content (AvgIpc) is 2.14. The zero-order valence-electron chi connectivity index (χ0n) is 3.87. The highest BCUT2D eigenvalue weighted by atomic mass is 16.4. The summed E-state index contributed by atoms with van der Waals surface area (Å²) < 4.78 is 4.42. The maximum atomic E-state index is 9.77. The Hall–Kier alpha value is -1.39. The van der Waals surface area contributed by atoms with E-state index in [9.17, 15) is 4.79 Å². The number of nitrogen functional groups attached to an aromatic ring is 1. The molecule has 0 bridgehead atoms. The van der Waals surface area contributed by atoms with E-state index < -0.39 is 0 Å². The van der Waals surface area contributed by atoms with E-state index in [-0.39, 0.29) is 11.9 Å². The molecule has 5 nitrogen and oxygen atoms in total. The van der Waals surface area contributed by atoms with Crippen LogP contribution in [-0.2, 0) is 0 Å². The molecule has 0 fully saturated rings. The van der Waals surface area contributed by atoms with Crippen LogP contribution in [0.15, 0.2) is 4.42 Å². The number of anilines is 1. The van der Waals surface area contributed by atoms with Crippen molar-refractivity contribution < 1.29 is 9.21 Å². The van der Waals surface area contributed by atoms with Gasteiger partial charge in [-0.3, -0.25) is 4.79 Å². The van der Waals surface area contributed by atoms with E-state index >= 15 is 0 Å². The summed E-state index contributed by atoms with van der Waals surface area (Å²) >= 11 is 0. The Kier molecular flexibility index (Phi) is 0.957. The third-order valence-electron chi connectivity index (χ3n) is 0.557. The van der Waals surface area contributed by atoms with Gasteiger partial charge in [-0.1, -0.05) is 5.10 Å². The molecule has 0 aliphatic carbocycles. The number of aromatic nitrogens is 2. The van der Waals surface area contributed by atoms with Gasteiger partial charge in [-0.25, -0.2) is 0 Å². The fourth-order valence-electron chi connectivity index (χ4n) is 0.294. The molecule has 0 radical (unpaired) electrons. The van der Waals surface area contributed by atoms with Crippen molar-refractivity contribution in [3.05, 3.63) is 5.89 Å². The van der Waals surface area contributed by atoms with Crippen molar-refractivity contribution in [2.75, 3.05) is 5.73 Å². The van der Waals surface area contributed by atoms with E-state index in [1.807, 2.05) is 0 Å².